The predicted octanol–water partition coefficient (Wildman–Crippen LogP) is 2.00. The van der Waals surface area contributed by atoms with E-state index in [9.17, 15) is 4.79 Å². The van der Waals surface area contributed by atoms with Crippen LogP contribution in [0.4, 0.5) is 5.69 Å². The number of rotatable bonds is 2. The van der Waals surface area contributed by atoms with E-state index in [0.29, 0.717) is 17.9 Å². The van der Waals surface area contributed by atoms with Crippen molar-refractivity contribution < 1.29 is 9.53 Å². The van der Waals surface area contributed by atoms with E-state index in [0.717, 1.165) is 17.3 Å². The van der Waals surface area contributed by atoms with Crippen molar-refractivity contribution in [2.45, 2.75) is 25.5 Å². The summed E-state index contributed by atoms with van der Waals surface area (Å²) in [5.74, 6) is 0.00389. The molecule has 1 aromatic heterocycles. The van der Waals surface area contributed by atoms with E-state index < -0.39 is 0 Å². The number of aromatic amines is 1. The highest BCUT2D eigenvalue weighted by Gasteiger charge is 2.31. The number of nitrogen functional groups attached to an aromatic ring is 1. The summed E-state index contributed by atoms with van der Waals surface area (Å²) >= 11 is 0. The molecule has 2 heterocycles. The number of nitrogens with zero attached hydrogens (tertiary/aromatic N) is 1. The van der Waals surface area contributed by atoms with Gasteiger partial charge in [0.1, 0.15) is 0 Å². The molecule has 0 aliphatic carbocycles. The zero-order valence-electron chi connectivity index (χ0n) is 11.7. The minimum Gasteiger partial charge on any atom is -0.399 e. The fraction of sp³-hybridized carbons (Fsp3) is 0.400. The van der Waals surface area contributed by atoms with Crippen molar-refractivity contribution in [3.05, 3.63) is 30.0 Å². The topological polar surface area (TPSA) is 71.3 Å². The first kappa shape index (κ1) is 13.0. The van der Waals surface area contributed by atoms with E-state index in [-0.39, 0.29) is 18.1 Å². The normalized spacial score (nSPS) is 22.3. The van der Waals surface area contributed by atoms with Crippen molar-refractivity contribution in [3.8, 4) is 0 Å². The number of ether oxygens (including phenoxy) is 1. The van der Waals surface area contributed by atoms with Gasteiger partial charge in [-0.1, -0.05) is 0 Å². The number of nitrogens with one attached hydrogen (secondary N) is 1. The van der Waals surface area contributed by atoms with Crippen LogP contribution in [0.1, 0.15) is 23.7 Å². The lowest BCUT2D eigenvalue weighted by Gasteiger charge is -2.26. The number of carbonyl (C=O) groups is 1. The molecule has 1 amide bonds. The molecule has 0 radical (unpaired) electrons. The van der Waals surface area contributed by atoms with E-state index in [2.05, 4.69) is 4.98 Å². The minimum absolute atomic E-state index is 0.00389. The van der Waals surface area contributed by atoms with Gasteiger partial charge in [0.15, 0.2) is 0 Å². The van der Waals surface area contributed by atoms with Crippen LogP contribution in [0.25, 0.3) is 10.9 Å². The van der Waals surface area contributed by atoms with Crippen molar-refractivity contribution in [1.29, 1.82) is 0 Å². The molecule has 1 saturated heterocycles. The van der Waals surface area contributed by atoms with Gasteiger partial charge in [-0.3, -0.25) is 4.79 Å². The zero-order chi connectivity index (χ0) is 14.3. The summed E-state index contributed by atoms with van der Waals surface area (Å²) in [6.07, 6.45) is 2.72. The Bertz CT molecular complexity index is 650. The highest BCUT2D eigenvalue weighted by atomic mass is 16.5. The van der Waals surface area contributed by atoms with Crippen molar-refractivity contribution in [3.63, 3.8) is 0 Å². The third-order valence-corrected chi connectivity index (χ3v) is 4.09. The first-order valence-corrected chi connectivity index (χ1v) is 6.83. The highest BCUT2D eigenvalue weighted by Crippen LogP contribution is 2.25. The first-order chi connectivity index (χ1) is 9.58. The molecular weight excluding hydrogens is 254 g/mol. The number of hydrogen-bond acceptors (Lipinski definition) is 3. The molecule has 0 bridgehead atoms. The Kier molecular flexibility index (Phi) is 3.14. The summed E-state index contributed by atoms with van der Waals surface area (Å²) in [5, 5.41) is 0.869. The van der Waals surface area contributed by atoms with E-state index in [1.807, 2.05) is 32.2 Å². The number of H-pyrrole nitrogens is 1. The molecule has 1 aliphatic heterocycles. The second-order valence-corrected chi connectivity index (χ2v) is 5.36. The van der Waals surface area contributed by atoms with Gasteiger partial charge in [-0.2, -0.15) is 0 Å². The van der Waals surface area contributed by atoms with Crippen LogP contribution in [-0.2, 0) is 4.74 Å². The maximum absolute atomic E-state index is 12.7. The van der Waals surface area contributed by atoms with E-state index in [4.69, 9.17) is 10.5 Å². The summed E-state index contributed by atoms with van der Waals surface area (Å²) in [7, 11) is 1.84. The van der Waals surface area contributed by atoms with Gasteiger partial charge in [0.25, 0.3) is 5.91 Å². The van der Waals surface area contributed by atoms with Crippen LogP contribution in [0.3, 0.4) is 0 Å². The average Bonchev–Trinajstić information content (AvgIpc) is 3.03. The molecule has 2 atom stereocenters. The predicted molar refractivity (Wildman–Crippen MR) is 78.6 cm³/mol. The Labute approximate surface area is 117 Å². The van der Waals surface area contributed by atoms with Crippen molar-refractivity contribution in [2.75, 3.05) is 19.4 Å². The van der Waals surface area contributed by atoms with Crippen LogP contribution >= 0.6 is 0 Å². The molecule has 3 rings (SSSR count). The second kappa shape index (κ2) is 4.83. The van der Waals surface area contributed by atoms with E-state index >= 15 is 0 Å². The minimum atomic E-state index is 0.00389. The van der Waals surface area contributed by atoms with Gasteiger partial charge in [-0.15, -0.1) is 0 Å². The van der Waals surface area contributed by atoms with Gasteiger partial charge in [-0.25, -0.2) is 0 Å². The van der Waals surface area contributed by atoms with Crippen LogP contribution in [0.15, 0.2) is 24.4 Å². The molecule has 2 aromatic rings. The quantitative estimate of drug-likeness (QED) is 0.822. The number of benzene rings is 1. The van der Waals surface area contributed by atoms with Crippen molar-refractivity contribution >= 4 is 22.5 Å². The fourth-order valence-electron chi connectivity index (χ4n) is 2.88. The summed E-state index contributed by atoms with van der Waals surface area (Å²) in [6.45, 7) is 2.72. The average molecular weight is 273 g/mol. The smallest absolute Gasteiger partial charge is 0.256 e. The Morgan fingerprint density at radius 3 is 3.00 bits per heavy atom. The first-order valence-electron chi connectivity index (χ1n) is 6.83. The van der Waals surface area contributed by atoms with Crippen LogP contribution in [0.2, 0.25) is 0 Å². The summed E-state index contributed by atoms with van der Waals surface area (Å²) in [6, 6.07) is 5.68. The standard InChI is InChI=1S/C15H19N3O2/c1-9-14(5-6-20-9)18(2)15(19)12-8-17-13-4-3-10(16)7-11(12)13/h3-4,7-9,14,17H,5-6,16H2,1-2H3. The summed E-state index contributed by atoms with van der Waals surface area (Å²) < 4.78 is 5.54. The van der Waals surface area contributed by atoms with Crippen LogP contribution in [0, 0.1) is 0 Å². The lowest BCUT2D eigenvalue weighted by Crippen LogP contribution is -2.40. The zero-order valence-corrected chi connectivity index (χ0v) is 11.7. The number of likely N-dealkylation sites (N-methyl/N-ethyl adjacent to an activating group) is 1. The monoisotopic (exact) mass is 273 g/mol. The maximum atomic E-state index is 12.7. The highest BCUT2D eigenvalue weighted by molar-refractivity contribution is 6.07. The van der Waals surface area contributed by atoms with Gasteiger partial charge >= 0.3 is 0 Å². The second-order valence-electron chi connectivity index (χ2n) is 5.36. The lowest BCUT2D eigenvalue weighted by molar-refractivity contribution is 0.0576. The molecule has 106 valence electrons. The SMILES string of the molecule is CC1OCCC1N(C)C(=O)c1c[nH]c2ccc(N)cc12. The van der Waals surface area contributed by atoms with Gasteiger partial charge in [0, 0.05) is 36.4 Å². The van der Waals surface area contributed by atoms with Gasteiger partial charge in [0.05, 0.1) is 17.7 Å². The van der Waals surface area contributed by atoms with E-state index in [1.165, 1.54) is 0 Å². The van der Waals surface area contributed by atoms with Crippen LogP contribution < -0.4 is 5.73 Å². The number of nitrogens with two attached hydrogens (primary N) is 1. The largest absolute Gasteiger partial charge is 0.399 e. The molecule has 2 unspecified atom stereocenters. The molecule has 1 aromatic carbocycles. The molecule has 5 nitrogen and oxygen atoms in total. The summed E-state index contributed by atoms with van der Waals surface area (Å²) in [4.78, 5) is 17.6. The Morgan fingerprint density at radius 2 is 2.30 bits per heavy atom. The number of amides is 1. The third kappa shape index (κ3) is 2.04. The van der Waals surface area contributed by atoms with Gasteiger partial charge in [0.2, 0.25) is 0 Å². The molecule has 20 heavy (non-hydrogen) atoms. The molecule has 1 aliphatic rings. The number of carbonyl (C=O) groups excluding carboxylic acids is 1. The third-order valence-electron chi connectivity index (χ3n) is 4.09. The summed E-state index contributed by atoms with van der Waals surface area (Å²) in [5.41, 5.74) is 8.06. The maximum Gasteiger partial charge on any atom is 0.256 e. The molecule has 0 spiro atoms. The lowest BCUT2D eigenvalue weighted by atomic mass is 10.1. The fourth-order valence-corrected chi connectivity index (χ4v) is 2.88. The van der Waals surface area contributed by atoms with Gasteiger partial charge in [-0.05, 0) is 31.5 Å². The molecule has 1 fully saturated rings. The van der Waals surface area contributed by atoms with Crippen molar-refractivity contribution in [2.24, 2.45) is 0 Å². The number of aromatic nitrogens is 1. The Balaban J connectivity index is 1.94. The van der Waals surface area contributed by atoms with Crippen LogP contribution in [0.5, 0.6) is 0 Å². The number of hydrogen-bond donors (Lipinski definition) is 2. The van der Waals surface area contributed by atoms with Gasteiger partial charge < -0.3 is 20.4 Å². The molecular formula is C15H19N3O2. The van der Waals surface area contributed by atoms with Crippen molar-refractivity contribution in [1.82, 2.24) is 9.88 Å². The number of fused-ring (bicyclic) bond motifs is 1. The molecule has 5 heteroatoms. The Morgan fingerprint density at radius 1 is 1.50 bits per heavy atom. The number of anilines is 1. The van der Waals surface area contributed by atoms with Crippen LogP contribution in [-0.4, -0.2) is 41.6 Å². The molecule has 3 N–H and O–H groups in total. The molecule has 0 saturated carbocycles. The van der Waals surface area contributed by atoms with E-state index in [1.54, 1.807) is 11.1 Å². The Hall–Kier alpha value is -2.01.